The van der Waals surface area contributed by atoms with Crippen LogP contribution in [0.25, 0.3) is 0 Å². The number of rotatable bonds is 6. The molecule has 0 aromatic carbocycles. The Bertz CT molecular complexity index is 1040. The highest BCUT2D eigenvalue weighted by molar-refractivity contribution is 7.15. The topological polar surface area (TPSA) is 87.6 Å². The average molecular weight is 469 g/mol. The summed E-state index contributed by atoms with van der Waals surface area (Å²) in [6.07, 6.45) is 9.57. The normalized spacial score (nSPS) is 20.8. The number of aromatic carboxylic acids is 1. The lowest BCUT2D eigenvalue weighted by molar-refractivity contribution is 0.0703. The van der Waals surface area contributed by atoms with Crippen molar-refractivity contribution in [2.24, 2.45) is 5.41 Å². The summed E-state index contributed by atoms with van der Waals surface area (Å²) in [6.45, 7) is 8.18. The van der Waals surface area contributed by atoms with Crippen LogP contribution in [0.1, 0.15) is 73.8 Å². The molecule has 0 bridgehead atoms. The molecule has 7 nitrogen and oxygen atoms in total. The Morgan fingerprint density at radius 1 is 1.21 bits per heavy atom. The minimum absolute atomic E-state index is 0.0980. The van der Waals surface area contributed by atoms with Crippen LogP contribution >= 0.6 is 11.3 Å². The van der Waals surface area contributed by atoms with Gasteiger partial charge in [-0.05, 0) is 65.4 Å². The predicted octanol–water partition coefficient (Wildman–Crippen LogP) is 5.04. The van der Waals surface area contributed by atoms with Gasteiger partial charge in [-0.1, -0.05) is 11.8 Å². The Morgan fingerprint density at radius 3 is 2.61 bits per heavy atom. The van der Waals surface area contributed by atoms with Gasteiger partial charge in [-0.25, -0.2) is 4.79 Å². The third-order valence-corrected chi connectivity index (χ3v) is 6.88. The summed E-state index contributed by atoms with van der Waals surface area (Å²) in [6, 6.07) is 2.08. The van der Waals surface area contributed by atoms with Gasteiger partial charge >= 0.3 is 5.97 Å². The molecule has 176 valence electrons. The third-order valence-electron chi connectivity index (χ3n) is 5.84. The van der Waals surface area contributed by atoms with Crippen molar-refractivity contribution in [3.05, 3.63) is 28.2 Å². The van der Waals surface area contributed by atoms with Crippen molar-refractivity contribution in [1.82, 2.24) is 9.97 Å². The molecule has 4 rings (SSSR count). The zero-order valence-corrected chi connectivity index (χ0v) is 20.4. The molecule has 0 amide bonds. The summed E-state index contributed by atoms with van der Waals surface area (Å²) in [4.78, 5) is 24.1. The minimum atomic E-state index is -0.917. The molecule has 2 fully saturated rings. The molecule has 2 aliphatic rings. The number of aromatic nitrogens is 2. The van der Waals surface area contributed by atoms with Crippen molar-refractivity contribution in [2.75, 3.05) is 23.3 Å². The van der Waals surface area contributed by atoms with E-state index in [1.165, 1.54) is 24.2 Å². The van der Waals surface area contributed by atoms with Crippen LogP contribution in [-0.2, 0) is 0 Å². The second-order valence-electron chi connectivity index (χ2n) is 9.80. The number of thiophene rings is 1. The maximum atomic E-state index is 11.7. The monoisotopic (exact) mass is 468 g/mol. The van der Waals surface area contributed by atoms with E-state index in [-0.39, 0.29) is 17.6 Å². The smallest absolute Gasteiger partial charge is 0.348 e. The summed E-state index contributed by atoms with van der Waals surface area (Å²) in [5.41, 5.74) is 0.539. The highest BCUT2D eigenvalue weighted by atomic mass is 32.1. The molecule has 2 aromatic rings. The Hall–Kier alpha value is -2.79. The molecule has 1 saturated carbocycles. The number of hydrogen-bond donors (Lipinski definition) is 2. The maximum absolute atomic E-state index is 11.7. The van der Waals surface area contributed by atoms with Crippen LogP contribution in [-0.4, -0.2) is 46.3 Å². The second-order valence-corrected chi connectivity index (χ2v) is 10.9. The quantitative estimate of drug-likeness (QED) is 0.575. The van der Waals surface area contributed by atoms with Gasteiger partial charge in [0.15, 0.2) is 5.82 Å². The molecule has 3 heterocycles. The molecule has 2 aromatic heterocycles. The molecule has 0 radical (unpaired) electrons. The van der Waals surface area contributed by atoms with E-state index in [1.807, 2.05) is 26.8 Å². The number of hydrogen-bond acceptors (Lipinski definition) is 7. The Morgan fingerprint density at radius 2 is 1.94 bits per heavy atom. The zero-order valence-electron chi connectivity index (χ0n) is 19.6. The van der Waals surface area contributed by atoms with E-state index in [1.54, 1.807) is 12.4 Å². The first-order valence-corrected chi connectivity index (χ1v) is 12.5. The van der Waals surface area contributed by atoms with Crippen LogP contribution in [0.2, 0.25) is 0 Å². The molecule has 0 unspecified atom stereocenters. The summed E-state index contributed by atoms with van der Waals surface area (Å²) in [5, 5.41) is 13.1. The van der Waals surface area contributed by atoms with Gasteiger partial charge < -0.3 is 20.1 Å². The largest absolute Gasteiger partial charge is 0.477 e. The van der Waals surface area contributed by atoms with E-state index in [0.29, 0.717) is 16.4 Å². The molecule has 1 aliphatic carbocycles. The van der Waals surface area contributed by atoms with Crippen LogP contribution < -0.4 is 15.0 Å². The highest BCUT2D eigenvalue weighted by Crippen LogP contribution is 2.31. The minimum Gasteiger partial charge on any atom is -0.477 e. The Labute approximate surface area is 199 Å². The number of nitrogens with one attached hydrogen (secondary N) is 1. The van der Waals surface area contributed by atoms with E-state index < -0.39 is 5.97 Å². The van der Waals surface area contributed by atoms with Gasteiger partial charge in [0.2, 0.25) is 5.88 Å². The standard InChI is InChI=1S/C25H32N4O3S/c1-25(2,3)11-10-19-14-20(23(33-19)24(30)31)27-17-6-8-18(9-7-17)32-22-16-26-15-21(28-22)29-12-4-5-13-29/h14-18,27H,4-9,12-13H2,1-3H3,(H,30,31)/t17-,18-. The maximum Gasteiger partial charge on any atom is 0.348 e. The number of ether oxygens (including phenoxy) is 1. The van der Waals surface area contributed by atoms with E-state index in [0.717, 1.165) is 49.5 Å². The first-order valence-electron chi connectivity index (χ1n) is 11.7. The SMILES string of the molecule is CC(C)(C)C#Cc1cc(N[C@H]2CC[C@H](Oc3cncc(N4CCCC4)n3)CC2)c(C(=O)O)s1. The number of anilines is 2. The first-order chi connectivity index (χ1) is 15.8. The van der Waals surface area contributed by atoms with E-state index in [4.69, 9.17) is 4.74 Å². The lowest BCUT2D eigenvalue weighted by atomic mass is 9.92. The molecule has 8 heteroatoms. The van der Waals surface area contributed by atoms with E-state index in [2.05, 4.69) is 32.0 Å². The van der Waals surface area contributed by atoms with Gasteiger partial charge in [0.05, 0.1) is 23.0 Å². The molecule has 0 atom stereocenters. The van der Waals surface area contributed by atoms with Crippen LogP contribution in [0.3, 0.4) is 0 Å². The van der Waals surface area contributed by atoms with Crippen molar-refractivity contribution >= 4 is 28.8 Å². The lowest BCUT2D eigenvalue weighted by Gasteiger charge is -2.29. The van der Waals surface area contributed by atoms with Crippen molar-refractivity contribution in [2.45, 2.75) is 71.4 Å². The van der Waals surface area contributed by atoms with Crippen LogP contribution in [0.4, 0.5) is 11.5 Å². The summed E-state index contributed by atoms with van der Waals surface area (Å²) in [7, 11) is 0. The van der Waals surface area contributed by atoms with Crippen molar-refractivity contribution in [3.8, 4) is 17.7 Å². The number of nitrogens with zero attached hydrogens (tertiary/aromatic N) is 3. The summed E-state index contributed by atoms with van der Waals surface area (Å²) in [5.74, 6) is 6.87. The second kappa shape index (κ2) is 10.0. The van der Waals surface area contributed by atoms with Gasteiger partial charge in [-0.2, -0.15) is 4.98 Å². The van der Waals surface area contributed by atoms with Crippen LogP contribution in [0.15, 0.2) is 18.5 Å². The molecule has 2 N–H and O–H groups in total. The summed E-state index contributed by atoms with van der Waals surface area (Å²) < 4.78 is 6.15. The molecule has 1 aliphatic heterocycles. The van der Waals surface area contributed by atoms with Crippen molar-refractivity contribution in [1.29, 1.82) is 0 Å². The van der Waals surface area contributed by atoms with Crippen LogP contribution in [0, 0.1) is 17.3 Å². The molecule has 33 heavy (non-hydrogen) atoms. The predicted molar refractivity (Wildman–Crippen MR) is 131 cm³/mol. The highest BCUT2D eigenvalue weighted by Gasteiger charge is 2.25. The third kappa shape index (κ3) is 6.38. The Balaban J connectivity index is 1.34. The number of carboxylic acid groups (broad SMARTS) is 1. The van der Waals surface area contributed by atoms with Gasteiger partial charge in [0.1, 0.15) is 11.0 Å². The number of carboxylic acids is 1. The summed E-state index contributed by atoms with van der Waals surface area (Å²) >= 11 is 1.23. The van der Waals surface area contributed by atoms with Gasteiger partial charge in [0, 0.05) is 24.5 Å². The van der Waals surface area contributed by atoms with Gasteiger partial charge in [0.25, 0.3) is 0 Å². The molecular formula is C25H32N4O3S. The molecule has 1 saturated heterocycles. The molecule has 0 spiro atoms. The fourth-order valence-electron chi connectivity index (χ4n) is 4.18. The average Bonchev–Trinajstić information content (AvgIpc) is 3.44. The zero-order chi connectivity index (χ0) is 23.4. The van der Waals surface area contributed by atoms with E-state index >= 15 is 0 Å². The number of carbonyl (C=O) groups is 1. The lowest BCUT2D eigenvalue weighted by Crippen LogP contribution is -2.31. The van der Waals surface area contributed by atoms with Crippen LogP contribution in [0.5, 0.6) is 5.88 Å². The van der Waals surface area contributed by atoms with Gasteiger partial charge in [-0.3, -0.25) is 4.98 Å². The van der Waals surface area contributed by atoms with Gasteiger partial charge in [-0.15, -0.1) is 11.3 Å². The van der Waals surface area contributed by atoms with Crippen molar-refractivity contribution in [3.63, 3.8) is 0 Å². The van der Waals surface area contributed by atoms with E-state index in [9.17, 15) is 9.90 Å². The Kier molecular flexibility index (Phi) is 7.08. The fraction of sp³-hybridized carbons (Fsp3) is 0.560. The van der Waals surface area contributed by atoms with Crippen molar-refractivity contribution < 1.29 is 14.6 Å². The fourth-order valence-corrected chi connectivity index (χ4v) is 4.99. The first kappa shape index (κ1) is 23.4. The molecular weight excluding hydrogens is 436 g/mol.